The zero-order valence-electron chi connectivity index (χ0n) is 15.6. The first-order chi connectivity index (χ1) is 12.6. The van der Waals surface area contributed by atoms with Crippen molar-refractivity contribution in [2.24, 2.45) is 18.9 Å². The molecule has 2 aliphatic rings. The molecule has 2 saturated heterocycles. The Morgan fingerprint density at radius 2 is 1.88 bits per heavy atom. The first-order valence-corrected chi connectivity index (χ1v) is 9.52. The van der Waals surface area contributed by atoms with Gasteiger partial charge in [0.25, 0.3) is 5.91 Å². The van der Waals surface area contributed by atoms with Crippen molar-refractivity contribution < 1.29 is 4.79 Å². The SMILES string of the molecule is Cc1cccnc1C(=O)N1C[C@H]2CCN(Cc3ccnn3C)CC[C@H]2C1. The van der Waals surface area contributed by atoms with Crippen LogP contribution in [0.5, 0.6) is 0 Å². The molecule has 6 nitrogen and oxygen atoms in total. The molecule has 2 atom stereocenters. The van der Waals surface area contributed by atoms with Crippen molar-refractivity contribution >= 4 is 5.91 Å². The van der Waals surface area contributed by atoms with Gasteiger partial charge in [-0.1, -0.05) is 6.07 Å². The van der Waals surface area contributed by atoms with Crippen molar-refractivity contribution in [1.29, 1.82) is 0 Å². The van der Waals surface area contributed by atoms with Gasteiger partial charge in [0.2, 0.25) is 0 Å². The van der Waals surface area contributed by atoms with Crippen LogP contribution in [0.3, 0.4) is 0 Å². The van der Waals surface area contributed by atoms with E-state index in [2.05, 4.69) is 21.0 Å². The molecule has 1 amide bonds. The summed E-state index contributed by atoms with van der Waals surface area (Å²) in [5, 5.41) is 4.27. The summed E-state index contributed by atoms with van der Waals surface area (Å²) in [6, 6.07) is 5.95. The topological polar surface area (TPSA) is 54.3 Å². The molecule has 2 aromatic heterocycles. The van der Waals surface area contributed by atoms with E-state index in [-0.39, 0.29) is 5.91 Å². The van der Waals surface area contributed by atoms with Crippen LogP contribution in [0.4, 0.5) is 0 Å². The fraction of sp³-hybridized carbons (Fsp3) is 0.550. The fourth-order valence-corrected chi connectivity index (χ4v) is 4.37. The van der Waals surface area contributed by atoms with Crippen molar-refractivity contribution in [2.75, 3.05) is 26.2 Å². The normalized spacial score (nSPS) is 23.7. The number of rotatable bonds is 3. The predicted molar refractivity (Wildman–Crippen MR) is 99.6 cm³/mol. The van der Waals surface area contributed by atoms with Gasteiger partial charge in [0.05, 0.1) is 5.69 Å². The Morgan fingerprint density at radius 3 is 2.50 bits per heavy atom. The molecule has 0 radical (unpaired) electrons. The van der Waals surface area contributed by atoms with E-state index in [1.54, 1.807) is 6.20 Å². The largest absolute Gasteiger partial charge is 0.337 e. The molecular formula is C20H27N5O. The van der Waals surface area contributed by atoms with Crippen molar-refractivity contribution in [2.45, 2.75) is 26.3 Å². The second kappa shape index (κ2) is 7.19. The van der Waals surface area contributed by atoms with Gasteiger partial charge in [-0.25, -0.2) is 0 Å². The van der Waals surface area contributed by atoms with Crippen LogP contribution in [-0.4, -0.2) is 56.7 Å². The lowest BCUT2D eigenvalue weighted by Gasteiger charge is -2.22. The van der Waals surface area contributed by atoms with Gasteiger partial charge in [-0.15, -0.1) is 0 Å². The molecule has 4 rings (SSSR count). The highest BCUT2D eigenvalue weighted by atomic mass is 16.2. The Morgan fingerprint density at radius 1 is 1.15 bits per heavy atom. The highest BCUT2D eigenvalue weighted by Crippen LogP contribution is 2.33. The zero-order valence-corrected chi connectivity index (χ0v) is 15.6. The van der Waals surface area contributed by atoms with Crippen LogP contribution in [0.2, 0.25) is 0 Å². The molecule has 0 bridgehead atoms. The van der Waals surface area contributed by atoms with E-state index in [0.29, 0.717) is 17.5 Å². The van der Waals surface area contributed by atoms with Gasteiger partial charge in [-0.05, 0) is 62.4 Å². The molecule has 0 saturated carbocycles. The van der Waals surface area contributed by atoms with E-state index in [1.807, 2.05) is 41.9 Å². The number of nitrogens with zero attached hydrogens (tertiary/aromatic N) is 5. The van der Waals surface area contributed by atoms with Crippen molar-refractivity contribution in [3.8, 4) is 0 Å². The van der Waals surface area contributed by atoms with Gasteiger partial charge >= 0.3 is 0 Å². The molecule has 0 unspecified atom stereocenters. The van der Waals surface area contributed by atoms with E-state index >= 15 is 0 Å². The highest BCUT2D eigenvalue weighted by molar-refractivity contribution is 5.93. The van der Waals surface area contributed by atoms with Crippen LogP contribution in [-0.2, 0) is 13.6 Å². The Hall–Kier alpha value is -2.21. The summed E-state index contributed by atoms with van der Waals surface area (Å²) in [6.07, 6.45) is 5.90. The number of amides is 1. The van der Waals surface area contributed by atoms with Gasteiger partial charge in [0, 0.05) is 39.1 Å². The van der Waals surface area contributed by atoms with Crippen LogP contribution in [0.1, 0.15) is 34.6 Å². The number of likely N-dealkylation sites (tertiary alicyclic amines) is 2. The summed E-state index contributed by atoms with van der Waals surface area (Å²) in [4.78, 5) is 21.7. The van der Waals surface area contributed by atoms with Crippen LogP contribution < -0.4 is 0 Å². The third-order valence-corrected chi connectivity index (χ3v) is 6.02. The molecule has 26 heavy (non-hydrogen) atoms. The van der Waals surface area contributed by atoms with E-state index in [1.165, 1.54) is 5.69 Å². The average Bonchev–Trinajstić information content (AvgIpc) is 3.18. The number of pyridine rings is 1. The second-order valence-electron chi connectivity index (χ2n) is 7.70. The van der Waals surface area contributed by atoms with Gasteiger partial charge in [0.15, 0.2) is 0 Å². The highest BCUT2D eigenvalue weighted by Gasteiger charge is 2.37. The first-order valence-electron chi connectivity index (χ1n) is 9.52. The van der Waals surface area contributed by atoms with Crippen molar-refractivity contribution in [3.63, 3.8) is 0 Å². The van der Waals surface area contributed by atoms with Crippen LogP contribution in [0, 0.1) is 18.8 Å². The van der Waals surface area contributed by atoms with Crippen LogP contribution in [0.25, 0.3) is 0 Å². The lowest BCUT2D eigenvalue weighted by atomic mass is 9.92. The molecule has 4 heterocycles. The van der Waals surface area contributed by atoms with Crippen LogP contribution in [0.15, 0.2) is 30.6 Å². The molecule has 2 fully saturated rings. The minimum Gasteiger partial charge on any atom is -0.337 e. The molecule has 138 valence electrons. The predicted octanol–water partition coefficient (Wildman–Crippen LogP) is 2.11. The minimum absolute atomic E-state index is 0.0999. The zero-order chi connectivity index (χ0) is 18.1. The number of hydrogen-bond acceptors (Lipinski definition) is 4. The summed E-state index contributed by atoms with van der Waals surface area (Å²) < 4.78 is 1.96. The molecular weight excluding hydrogens is 326 g/mol. The van der Waals surface area contributed by atoms with Gasteiger partial charge < -0.3 is 4.90 Å². The Kier molecular flexibility index (Phi) is 4.76. The first kappa shape index (κ1) is 17.2. The maximum atomic E-state index is 12.9. The van der Waals surface area contributed by atoms with E-state index in [9.17, 15) is 4.79 Å². The molecule has 2 aromatic rings. The van der Waals surface area contributed by atoms with Crippen molar-refractivity contribution in [1.82, 2.24) is 24.6 Å². The maximum absolute atomic E-state index is 12.9. The summed E-state index contributed by atoms with van der Waals surface area (Å²) in [6.45, 7) is 6.86. The number of aromatic nitrogens is 3. The van der Waals surface area contributed by atoms with E-state index in [0.717, 1.165) is 51.1 Å². The summed E-state index contributed by atoms with van der Waals surface area (Å²) in [7, 11) is 2.00. The van der Waals surface area contributed by atoms with Crippen LogP contribution >= 0.6 is 0 Å². The third-order valence-electron chi connectivity index (χ3n) is 6.02. The maximum Gasteiger partial charge on any atom is 0.272 e. The minimum atomic E-state index is 0.0999. The molecule has 0 aromatic carbocycles. The molecule has 6 heteroatoms. The number of carbonyl (C=O) groups is 1. The third kappa shape index (κ3) is 3.38. The van der Waals surface area contributed by atoms with E-state index < -0.39 is 0 Å². The summed E-state index contributed by atoms with van der Waals surface area (Å²) >= 11 is 0. The van der Waals surface area contributed by atoms with Gasteiger partial charge in [0.1, 0.15) is 5.69 Å². The van der Waals surface area contributed by atoms with Gasteiger partial charge in [-0.3, -0.25) is 19.4 Å². The quantitative estimate of drug-likeness (QED) is 0.848. The monoisotopic (exact) mass is 353 g/mol. The smallest absolute Gasteiger partial charge is 0.272 e. The number of fused-ring (bicyclic) bond motifs is 1. The molecule has 2 aliphatic heterocycles. The standard InChI is InChI=1S/C20H27N5O/c1-15-4-3-8-21-19(15)20(26)25-12-16-6-10-24(11-7-17(16)13-25)14-18-5-9-22-23(18)2/h3-5,8-9,16-17H,6-7,10-14H2,1-2H3/t16-,17+. The molecule has 0 aliphatic carbocycles. The Balaban J connectivity index is 1.37. The average molecular weight is 353 g/mol. The lowest BCUT2D eigenvalue weighted by Crippen LogP contribution is -2.32. The Bertz CT molecular complexity index is 770. The number of hydrogen-bond donors (Lipinski definition) is 0. The molecule has 0 N–H and O–H groups in total. The summed E-state index contributed by atoms with van der Waals surface area (Å²) in [5.74, 6) is 1.32. The number of carbonyl (C=O) groups excluding carboxylic acids is 1. The Labute approximate surface area is 154 Å². The van der Waals surface area contributed by atoms with Gasteiger partial charge in [-0.2, -0.15) is 5.10 Å². The molecule has 0 spiro atoms. The summed E-state index contributed by atoms with van der Waals surface area (Å²) in [5.41, 5.74) is 2.84. The fourth-order valence-electron chi connectivity index (χ4n) is 4.37. The second-order valence-corrected chi connectivity index (χ2v) is 7.70. The number of aryl methyl sites for hydroxylation is 2. The van der Waals surface area contributed by atoms with Crippen molar-refractivity contribution in [3.05, 3.63) is 47.5 Å². The van der Waals surface area contributed by atoms with E-state index in [4.69, 9.17) is 0 Å². The lowest BCUT2D eigenvalue weighted by molar-refractivity contribution is 0.0773.